The molecule has 4 heteroatoms. The molecule has 86 valence electrons. The molecule has 1 aromatic carbocycles. The van der Waals surface area contributed by atoms with E-state index in [4.69, 9.17) is 5.11 Å². The van der Waals surface area contributed by atoms with Crippen molar-refractivity contribution in [2.24, 2.45) is 0 Å². The summed E-state index contributed by atoms with van der Waals surface area (Å²) in [6, 6.07) is 10.3. The van der Waals surface area contributed by atoms with Gasteiger partial charge in [0.2, 0.25) is 5.78 Å². The van der Waals surface area contributed by atoms with E-state index in [0.29, 0.717) is 15.3 Å². The molecule has 0 radical (unpaired) electrons. The van der Waals surface area contributed by atoms with Gasteiger partial charge >= 0.3 is 5.97 Å². The third-order valence-corrected chi connectivity index (χ3v) is 3.46. The van der Waals surface area contributed by atoms with E-state index < -0.39 is 5.97 Å². The molecular formula is C13H10O3S. The molecule has 0 saturated carbocycles. The molecule has 0 spiro atoms. The van der Waals surface area contributed by atoms with Crippen molar-refractivity contribution >= 4 is 23.1 Å². The molecule has 2 rings (SSSR count). The first kappa shape index (κ1) is 11.5. The molecule has 1 heterocycles. The molecule has 0 aliphatic carbocycles. The van der Waals surface area contributed by atoms with E-state index >= 15 is 0 Å². The van der Waals surface area contributed by atoms with Crippen LogP contribution in [0.3, 0.4) is 0 Å². The van der Waals surface area contributed by atoms with Crippen molar-refractivity contribution in [2.75, 3.05) is 0 Å². The van der Waals surface area contributed by atoms with E-state index in [1.54, 1.807) is 31.2 Å². The van der Waals surface area contributed by atoms with Crippen molar-refractivity contribution in [1.82, 2.24) is 0 Å². The number of hydrogen-bond donors (Lipinski definition) is 1. The number of carbonyl (C=O) groups excluding carboxylic acids is 1. The van der Waals surface area contributed by atoms with E-state index in [1.807, 2.05) is 6.07 Å². The summed E-state index contributed by atoms with van der Waals surface area (Å²) in [4.78, 5) is 24.1. The largest absolute Gasteiger partial charge is 0.478 e. The maximum atomic E-state index is 12.1. The Kier molecular flexibility index (Phi) is 3.06. The maximum Gasteiger partial charge on any atom is 0.336 e. The van der Waals surface area contributed by atoms with Crippen molar-refractivity contribution in [3.63, 3.8) is 0 Å². The summed E-state index contributed by atoms with van der Waals surface area (Å²) in [5, 5.41) is 8.93. The Morgan fingerprint density at radius 2 is 1.82 bits per heavy atom. The number of aryl methyl sites for hydroxylation is 1. The summed E-state index contributed by atoms with van der Waals surface area (Å²) < 4.78 is 0. The van der Waals surface area contributed by atoms with Gasteiger partial charge in [0, 0.05) is 10.4 Å². The lowest BCUT2D eigenvalue weighted by Crippen LogP contribution is -1.99. The van der Waals surface area contributed by atoms with Crippen molar-refractivity contribution in [2.45, 2.75) is 6.92 Å². The van der Waals surface area contributed by atoms with Gasteiger partial charge in [-0.05, 0) is 13.0 Å². The van der Waals surface area contributed by atoms with Crippen molar-refractivity contribution in [3.05, 3.63) is 57.3 Å². The lowest BCUT2D eigenvalue weighted by molar-refractivity contribution is 0.0697. The Bertz CT molecular complexity index is 570. The van der Waals surface area contributed by atoms with Crippen molar-refractivity contribution in [3.8, 4) is 0 Å². The minimum Gasteiger partial charge on any atom is -0.478 e. The second-order valence-corrected chi connectivity index (χ2v) is 4.84. The smallest absolute Gasteiger partial charge is 0.336 e. The van der Waals surface area contributed by atoms with Crippen molar-refractivity contribution < 1.29 is 14.7 Å². The highest BCUT2D eigenvalue weighted by Gasteiger charge is 2.17. The van der Waals surface area contributed by atoms with Crippen LogP contribution in [-0.4, -0.2) is 16.9 Å². The number of carbonyl (C=O) groups is 2. The topological polar surface area (TPSA) is 54.4 Å². The number of carboxylic acid groups (broad SMARTS) is 1. The molecule has 0 aliphatic heterocycles. The fourth-order valence-corrected chi connectivity index (χ4v) is 2.51. The second kappa shape index (κ2) is 4.51. The van der Waals surface area contributed by atoms with Gasteiger partial charge in [0.05, 0.1) is 10.4 Å². The van der Waals surface area contributed by atoms with Gasteiger partial charge < -0.3 is 5.11 Å². The normalized spacial score (nSPS) is 10.2. The molecule has 0 fully saturated rings. The van der Waals surface area contributed by atoms with Gasteiger partial charge in [-0.25, -0.2) is 4.79 Å². The Morgan fingerprint density at radius 3 is 2.35 bits per heavy atom. The maximum absolute atomic E-state index is 12.1. The molecule has 1 N–H and O–H groups in total. The Morgan fingerprint density at radius 1 is 1.18 bits per heavy atom. The zero-order valence-electron chi connectivity index (χ0n) is 9.14. The fourth-order valence-electron chi connectivity index (χ4n) is 1.54. The molecular weight excluding hydrogens is 236 g/mol. The number of benzene rings is 1. The van der Waals surface area contributed by atoms with Crippen LogP contribution in [0.25, 0.3) is 0 Å². The average Bonchev–Trinajstić information content (AvgIpc) is 2.71. The van der Waals surface area contributed by atoms with E-state index in [9.17, 15) is 9.59 Å². The van der Waals surface area contributed by atoms with Gasteiger partial charge in [-0.3, -0.25) is 4.79 Å². The van der Waals surface area contributed by atoms with Crippen LogP contribution in [-0.2, 0) is 0 Å². The zero-order chi connectivity index (χ0) is 12.4. The second-order valence-electron chi connectivity index (χ2n) is 3.58. The average molecular weight is 246 g/mol. The molecule has 0 saturated heterocycles. The molecule has 0 amide bonds. The molecule has 0 bridgehead atoms. The SMILES string of the molecule is Cc1sc(C(=O)c2ccccc2)cc1C(=O)O. The van der Waals surface area contributed by atoms with E-state index in [-0.39, 0.29) is 11.3 Å². The standard InChI is InChI=1S/C13H10O3S/c1-8-10(13(15)16)7-11(17-8)12(14)9-5-3-2-4-6-9/h2-7H,1H3,(H,15,16). The highest BCUT2D eigenvalue weighted by atomic mass is 32.1. The van der Waals surface area contributed by atoms with Crippen LogP contribution in [0, 0.1) is 6.92 Å². The van der Waals surface area contributed by atoms with Gasteiger partial charge in [-0.15, -0.1) is 11.3 Å². The quantitative estimate of drug-likeness (QED) is 0.847. The van der Waals surface area contributed by atoms with Crippen LogP contribution in [0.15, 0.2) is 36.4 Å². The molecule has 2 aromatic rings. The Balaban J connectivity index is 2.39. The number of ketones is 1. The summed E-state index contributed by atoms with van der Waals surface area (Å²) in [5.74, 6) is -1.13. The number of aromatic carboxylic acids is 1. The number of thiophene rings is 1. The first-order chi connectivity index (χ1) is 8.09. The minimum atomic E-state index is -0.995. The summed E-state index contributed by atoms with van der Waals surface area (Å²) in [7, 11) is 0. The van der Waals surface area contributed by atoms with Crippen LogP contribution < -0.4 is 0 Å². The van der Waals surface area contributed by atoms with Crippen LogP contribution in [0.5, 0.6) is 0 Å². The van der Waals surface area contributed by atoms with Crippen LogP contribution in [0.2, 0.25) is 0 Å². The summed E-state index contributed by atoms with van der Waals surface area (Å²) in [6.45, 7) is 1.70. The zero-order valence-corrected chi connectivity index (χ0v) is 9.95. The van der Waals surface area contributed by atoms with Gasteiger partial charge in [0.1, 0.15) is 0 Å². The van der Waals surface area contributed by atoms with Gasteiger partial charge in [0.25, 0.3) is 0 Å². The fraction of sp³-hybridized carbons (Fsp3) is 0.0769. The lowest BCUT2D eigenvalue weighted by Gasteiger charge is -1.95. The predicted molar refractivity (Wildman–Crippen MR) is 65.9 cm³/mol. The Labute approximate surface area is 102 Å². The van der Waals surface area contributed by atoms with Crippen molar-refractivity contribution in [1.29, 1.82) is 0 Å². The van der Waals surface area contributed by atoms with E-state index in [1.165, 1.54) is 17.4 Å². The van der Waals surface area contributed by atoms with E-state index in [2.05, 4.69) is 0 Å². The predicted octanol–water partition coefficient (Wildman–Crippen LogP) is 2.99. The summed E-state index contributed by atoms with van der Waals surface area (Å²) in [6.07, 6.45) is 0. The highest BCUT2D eigenvalue weighted by molar-refractivity contribution is 7.14. The van der Waals surface area contributed by atoms with E-state index in [0.717, 1.165) is 0 Å². The van der Waals surface area contributed by atoms with Crippen LogP contribution in [0.4, 0.5) is 0 Å². The molecule has 0 atom stereocenters. The monoisotopic (exact) mass is 246 g/mol. The molecule has 0 aliphatic rings. The molecule has 0 unspecified atom stereocenters. The first-order valence-electron chi connectivity index (χ1n) is 5.03. The first-order valence-corrected chi connectivity index (χ1v) is 5.84. The van der Waals surface area contributed by atoms with Crippen LogP contribution in [0.1, 0.15) is 30.5 Å². The summed E-state index contributed by atoms with van der Waals surface area (Å²) >= 11 is 1.22. The minimum absolute atomic E-state index is 0.133. The molecule has 3 nitrogen and oxygen atoms in total. The Hall–Kier alpha value is -1.94. The van der Waals surface area contributed by atoms with Crippen LogP contribution >= 0.6 is 11.3 Å². The number of hydrogen-bond acceptors (Lipinski definition) is 3. The number of rotatable bonds is 3. The van der Waals surface area contributed by atoms with Gasteiger partial charge in [-0.2, -0.15) is 0 Å². The van der Waals surface area contributed by atoms with Gasteiger partial charge in [-0.1, -0.05) is 30.3 Å². The number of carboxylic acids is 1. The summed E-state index contributed by atoms with van der Waals surface area (Å²) in [5.41, 5.74) is 0.778. The van der Waals surface area contributed by atoms with Gasteiger partial charge in [0.15, 0.2) is 0 Å². The third-order valence-electron chi connectivity index (χ3n) is 2.41. The highest BCUT2D eigenvalue weighted by Crippen LogP contribution is 2.24. The lowest BCUT2D eigenvalue weighted by atomic mass is 10.1. The third kappa shape index (κ3) is 2.26. The molecule has 17 heavy (non-hydrogen) atoms. The molecule has 1 aromatic heterocycles.